The monoisotopic (exact) mass is 415 g/mol. The van der Waals surface area contributed by atoms with Crippen LogP contribution < -0.4 is 11.2 Å². The Bertz CT molecular complexity index is 1130. The minimum atomic E-state index is -0.567. The maximum Gasteiger partial charge on any atom is 0.248 e. The van der Waals surface area contributed by atoms with Gasteiger partial charge in [-0.15, -0.1) is 23.5 Å². The molecule has 2 N–H and O–H groups in total. The molecule has 4 nitrogen and oxygen atoms in total. The van der Waals surface area contributed by atoms with E-state index in [1.165, 1.54) is 6.07 Å². The lowest BCUT2D eigenvalue weighted by Gasteiger charge is -2.21. The van der Waals surface area contributed by atoms with E-state index in [1.54, 1.807) is 35.7 Å². The molecule has 148 valence electrons. The molecule has 1 amide bonds. The molecular formula is C22H25NO3S2. The van der Waals surface area contributed by atoms with Crippen LogP contribution in [0.2, 0.25) is 0 Å². The fourth-order valence-electron chi connectivity index (χ4n) is 2.87. The zero-order valence-corrected chi connectivity index (χ0v) is 18.6. The van der Waals surface area contributed by atoms with Gasteiger partial charge in [0.25, 0.3) is 0 Å². The van der Waals surface area contributed by atoms with Crippen molar-refractivity contribution in [1.29, 1.82) is 0 Å². The molecule has 0 atom stereocenters. The third kappa shape index (κ3) is 4.55. The van der Waals surface area contributed by atoms with Crippen LogP contribution in [0.3, 0.4) is 0 Å². The summed E-state index contributed by atoms with van der Waals surface area (Å²) in [5.74, 6) is -0.567. The Morgan fingerprint density at radius 2 is 1.57 bits per heavy atom. The smallest absolute Gasteiger partial charge is 0.248 e. The van der Waals surface area contributed by atoms with Gasteiger partial charge < -0.3 is 10.2 Å². The van der Waals surface area contributed by atoms with Crippen molar-refractivity contribution < 1.29 is 9.21 Å². The summed E-state index contributed by atoms with van der Waals surface area (Å²) in [6.45, 7) is 12.8. The van der Waals surface area contributed by atoms with Gasteiger partial charge in [-0.2, -0.15) is 0 Å². The molecule has 1 aromatic heterocycles. The van der Waals surface area contributed by atoms with Gasteiger partial charge >= 0.3 is 0 Å². The molecule has 3 aromatic rings. The summed E-state index contributed by atoms with van der Waals surface area (Å²) in [6, 6.07) is 8.73. The fourth-order valence-corrected chi connectivity index (χ4v) is 5.10. The number of carbonyl (C=O) groups is 1. The molecular weight excluding hydrogens is 390 g/mol. The summed E-state index contributed by atoms with van der Waals surface area (Å²) >= 11 is 3.39. The largest absolute Gasteiger partial charge is 0.455 e. The molecule has 0 aliphatic rings. The second-order valence-electron chi connectivity index (χ2n) is 8.73. The van der Waals surface area contributed by atoms with Gasteiger partial charge in [-0.05, 0) is 30.3 Å². The molecule has 0 saturated carbocycles. The van der Waals surface area contributed by atoms with Gasteiger partial charge in [0, 0.05) is 20.0 Å². The molecule has 0 aliphatic heterocycles. The first-order valence-corrected chi connectivity index (χ1v) is 10.7. The lowest BCUT2D eigenvalue weighted by atomic mass is 10.1. The number of carbonyl (C=O) groups excluding carboxylic acids is 1. The first-order valence-electron chi connectivity index (χ1n) is 9.06. The van der Waals surface area contributed by atoms with Gasteiger partial charge in [0.05, 0.1) is 15.7 Å². The number of primary amides is 1. The molecule has 1 heterocycles. The van der Waals surface area contributed by atoms with Crippen molar-refractivity contribution in [3.8, 4) is 0 Å². The van der Waals surface area contributed by atoms with Crippen molar-refractivity contribution >= 4 is 51.4 Å². The van der Waals surface area contributed by atoms with Crippen molar-refractivity contribution in [1.82, 2.24) is 0 Å². The fraction of sp³-hybridized carbons (Fsp3) is 0.364. The van der Waals surface area contributed by atoms with Gasteiger partial charge in [0.1, 0.15) is 5.58 Å². The lowest BCUT2D eigenvalue weighted by Crippen LogP contribution is -2.12. The van der Waals surface area contributed by atoms with E-state index < -0.39 is 5.91 Å². The van der Waals surface area contributed by atoms with Gasteiger partial charge in [-0.25, -0.2) is 0 Å². The van der Waals surface area contributed by atoms with Crippen LogP contribution in [0.5, 0.6) is 0 Å². The zero-order chi connectivity index (χ0) is 20.9. The topological polar surface area (TPSA) is 73.3 Å². The van der Waals surface area contributed by atoms with Gasteiger partial charge in [0.2, 0.25) is 11.3 Å². The number of fused-ring (bicyclic) bond motifs is 2. The summed E-state index contributed by atoms with van der Waals surface area (Å²) in [5.41, 5.74) is 6.56. The number of amides is 1. The molecule has 0 unspecified atom stereocenters. The van der Waals surface area contributed by atoms with Crippen LogP contribution in [-0.4, -0.2) is 15.4 Å². The van der Waals surface area contributed by atoms with Crippen LogP contribution in [0.1, 0.15) is 51.9 Å². The van der Waals surface area contributed by atoms with E-state index in [0.717, 1.165) is 9.79 Å². The Labute approximate surface area is 173 Å². The predicted molar refractivity (Wildman–Crippen MR) is 120 cm³/mol. The first-order chi connectivity index (χ1) is 12.8. The number of benzene rings is 2. The predicted octanol–water partition coefficient (Wildman–Crippen LogP) is 5.83. The van der Waals surface area contributed by atoms with Gasteiger partial charge in [0.15, 0.2) is 5.58 Å². The van der Waals surface area contributed by atoms with Crippen molar-refractivity contribution in [2.75, 3.05) is 0 Å². The number of thioether (sulfide) groups is 2. The average Bonchev–Trinajstić information content (AvgIpc) is 2.53. The number of nitrogens with two attached hydrogens (primary N) is 1. The van der Waals surface area contributed by atoms with Crippen LogP contribution in [0.25, 0.3) is 21.9 Å². The Balaban J connectivity index is 2.36. The van der Waals surface area contributed by atoms with Crippen LogP contribution >= 0.6 is 23.5 Å². The third-order valence-corrected chi connectivity index (χ3v) is 6.05. The molecule has 28 heavy (non-hydrogen) atoms. The summed E-state index contributed by atoms with van der Waals surface area (Å²) in [7, 11) is 0. The van der Waals surface area contributed by atoms with E-state index in [1.807, 2.05) is 6.07 Å². The molecule has 0 spiro atoms. The molecule has 3 rings (SSSR count). The van der Waals surface area contributed by atoms with Crippen LogP contribution in [0.4, 0.5) is 0 Å². The Morgan fingerprint density at radius 1 is 0.929 bits per heavy atom. The zero-order valence-electron chi connectivity index (χ0n) is 17.0. The summed E-state index contributed by atoms with van der Waals surface area (Å²) in [5, 5.41) is 0.892. The highest BCUT2D eigenvalue weighted by molar-refractivity contribution is 8.01. The molecule has 6 heteroatoms. The molecule has 0 radical (unpaired) electrons. The van der Waals surface area contributed by atoms with E-state index in [-0.39, 0.29) is 14.9 Å². The maximum absolute atomic E-state index is 13.3. The second-order valence-corrected chi connectivity index (χ2v) is 12.5. The van der Waals surface area contributed by atoms with Crippen LogP contribution in [0.15, 0.2) is 49.3 Å². The first kappa shape index (κ1) is 20.8. The minimum Gasteiger partial charge on any atom is -0.455 e. The van der Waals surface area contributed by atoms with Crippen molar-refractivity contribution in [2.24, 2.45) is 5.73 Å². The standard InChI is InChI=1S/C22H25NO3S2/c1-21(2,3)27-13-10-15-18(24)14-9-12(20(23)25)7-8-16(14)26-19(15)17(11-13)28-22(4,5)6/h7-11H,1-6H3,(H2,23,25). The summed E-state index contributed by atoms with van der Waals surface area (Å²) < 4.78 is 6.11. The average molecular weight is 416 g/mol. The second kappa shape index (κ2) is 7.16. The number of rotatable bonds is 3. The highest BCUT2D eigenvalue weighted by atomic mass is 32.2. The van der Waals surface area contributed by atoms with Crippen LogP contribution in [0, 0.1) is 0 Å². The van der Waals surface area contributed by atoms with Gasteiger partial charge in [-0.1, -0.05) is 41.5 Å². The molecule has 2 aromatic carbocycles. The molecule has 0 fully saturated rings. The normalized spacial score (nSPS) is 12.6. The van der Waals surface area contributed by atoms with Crippen molar-refractivity contribution in [3.05, 3.63) is 46.1 Å². The Hall–Kier alpha value is -1.92. The van der Waals surface area contributed by atoms with Crippen LogP contribution in [-0.2, 0) is 0 Å². The number of hydrogen-bond donors (Lipinski definition) is 1. The highest BCUT2D eigenvalue weighted by Gasteiger charge is 2.21. The third-order valence-electron chi connectivity index (χ3n) is 3.83. The lowest BCUT2D eigenvalue weighted by molar-refractivity contribution is 0.100. The Morgan fingerprint density at radius 3 is 2.14 bits per heavy atom. The van der Waals surface area contributed by atoms with E-state index >= 15 is 0 Å². The van der Waals surface area contributed by atoms with Crippen molar-refractivity contribution in [2.45, 2.75) is 60.8 Å². The van der Waals surface area contributed by atoms with Crippen molar-refractivity contribution in [3.63, 3.8) is 0 Å². The van der Waals surface area contributed by atoms with E-state index in [4.69, 9.17) is 10.2 Å². The molecule has 0 aliphatic carbocycles. The SMILES string of the molecule is CC(C)(C)Sc1cc(SC(C)(C)C)c2oc3ccc(C(N)=O)cc3c(=O)c2c1. The highest BCUT2D eigenvalue weighted by Crippen LogP contribution is 2.41. The maximum atomic E-state index is 13.3. The van der Waals surface area contributed by atoms with E-state index in [2.05, 4.69) is 47.6 Å². The van der Waals surface area contributed by atoms with E-state index in [9.17, 15) is 9.59 Å². The van der Waals surface area contributed by atoms with Gasteiger partial charge in [-0.3, -0.25) is 9.59 Å². The number of hydrogen-bond acceptors (Lipinski definition) is 5. The quantitative estimate of drug-likeness (QED) is 0.430. The summed E-state index contributed by atoms with van der Waals surface area (Å²) in [4.78, 5) is 26.7. The minimum absolute atomic E-state index is 0.00746. The molecule has 0 bridgehead atoms. The van der Waals surface area contributed by atoms with E-state index in [0.29, 0.717) is 27.5 Å². The molecule has 0 saturated heterocycles. The Kier molecular flexibility index (Phi) is 5.32. The summed E-state index contributed by atoms with van der Waals surface area (Å²) in [6.07, 6.45) is 0.